The van der Waals surface area contributed by atoms with Crippen LogP contribution in [0.25, 0.3) is 11.4 Å². The molecule has 1 fully saturated rings. The van der Waals surface area contributed by atoms with Gasteiger partial charge in [0.05, 0.1) is 18.2 Å². The van der Waals surface area contributed by atoms with Crippen LogP contribution in [0.5, 0.6) is 0 Å². The van der Waals surface area contributed by atoms with Gasteiger partial charge in [-0.1, -0.05) is 0 Å². The summed E-state index contributed by atoms with van der Waals surface area (Å²) in [7, 11) is 0.754. The van der Waals surface area contributed by atoms with E-state index in [0.717, 1.165) is 5.56 Å². The van der Waals surface area contributed by atoms with Gasteiger partial charge in [-0.15, -0.1) is 0 Å². The van der Waals surface area contributed by atoms with Gasteiger partial charge in [-0.25, -0.2) is 17.5 Å². The summed E-state index contributed by atoms with van der Waals surface area (Å²) in [5.41, 5.74) is 0.773. The van der Waals surface area contributed by atoms with Crippen LogP contribution in [0.2, 0.25) is 0 Å². The van der Waals surface area contributed by atoms with Crippen LogP contribution in [-0.4, -0.2) is 52.3 Å². The molecule has 0 unspecified atom stereocenters. The van der Waals surface area contributed by atoms with E-state index in [1.54, 1.807) is 21.4 Å². The van der Waals surface area contributed by atoms with E-state index in [-0.39, 0.29) is 23.4 Å². The lowest BCUT2D eigenvalue weighted by molar-refractivity contribution is 0.196. The minimum absolute atomic E-state index is 0.0202. The second kappa shape index (κ2) is 6.38. The van der Waals surface area contributed by atoms with Crippen LogP contribution in [0.1, 0.15) is 6.42 Å². The van der Waals surface area contributed by atoms with Gasteiger partial charge in [0.2, 0.25) is 0 Å². The Morgan fingerprint density at radius 2 is 2.04 bits per heavy atom. The maximum atomic E-state index is 13.1. The van der Waals surface area contributed by atoms with Crippen LogP contribution in [0.4, 0.5) is 4.39 Å². The number of aromatic nitrogens is 3. The van der Waals surface area contributed by atoms with E-state index >= 15 is 0 Å². The smallest absolute Gasteiger partial charge is 0.199 e. The highest BCUT2D eigenvalue weighted by molar-refractivity contribution is 7.91. The van der Waals surface area contributed by atoms with Gasteiger partial charge in [-0.05, 0) is 50.0 Å². The van der Waals surface area contributed by atoms with Gasteiger partial charge in [-0.3, -0.25) is 4.90 Å². The van der Waals surface area contributed by atoms with Crippen molar-refractivity contribution < 1.29 is 12.8 Å². The molecule has 1 saturated heterocycles. The molecule has 6 nitrogen and oxygen atoms in total. The highest BCUT2D eigenvalue weighted by Crippen LogP contribution is 2.20. The lowest BCUT2D eigenvalue weighted by atomic mass is 10.2. The Kier molecular flexibility index (Phi) is 4.58. The fraction of sp³-hybridized carbons (Fsp3) is 0.467. The molecular formula is C15H19FN4O2S2. The summed E-state index contributed by atoms with van der Waals surface area (Å²) in [6, 6.07) is 6.06. The molecule has 1 atom stereocenters. The van der Waals surface area contributed by atoms with E-state index in [0.29, 0.717) is 23.7 Å². The molecule has 0 radical (unpaired) electrons. The number of hydrogen-bond donors (Lipinski definition) is 0. The fourth-order valence-corrected chi connectivity index (χ4v) is 4.87. The molecule has 0 bridgehead atoms. The van der Waals surface area contributed by atoms with Crippen molar-refractivity contribution in [2.75, 3.05) is 18.6 Å². The van der Waals surface area contributed by atoms with Crippen molar-refractivity contribution in [2.45, 2.75) is 19.1 Å². The first kappa shape index (κ1) is 17.2. The molecule has 1 aliphatic heterocycles. The molecule has 1 aromatic carbocycles. The Labute approximate surface area is 145 Å². The highest BCUT2D eigenvalue weighted by Gasteiger charge is 2.30. The minimum Gasteiger partial charge on any atom is -0.303 e. The predicted octanol–water partition coefficient (Wildman–Crippen LogP) is 1.83. The largest absolute Gasteiger partial charge is 0.303 e. The second-order valence-corrected chi connectivity index (χ2v) is 8.72. The van der Waals surface area contributed by atoms with Gasteiger partial charge in [0, 0.05) is 18.7 Å². The maximum absolute atomic E-state index is 13.1. The number of benzene rings is 1. The van der Waals surface area contributed by atoms with Crippen LogP contribution in [-0.2, 0) is 23.6 Å². The summed E-state index contributed by atoms with van der Waals surface area (Å²) >= 11 is 5.42. The highest BCUT2D eigenvalue weighted by atomic mass is 32.2. The Balaban J connectivity index is 1.83. The molecule has 1 aliphatic rings. The van der Waals surface area contributed by atoms with Crippen molar-refractivity contribution in [3.05, 3.63) is 34.9 Å². The minimum atomic E-state index is -2.93. The molecule has 0 spiro atoms. The fourth-order valence-electron chi connectivity index (χ4n) is 2.88. The first-order chi connectivity index (χ1) is 11.3. The Morgan fingerprint density at radius 1 is 1.38 bits per heavy atom. The van der Waals surface area contributed by atoms with E-state index in [2.05, 4.69) is 5.10 Å². The molecule has 9 heteroatoms. The molecule has 0 saturated carbocycles. The zero-order chi connectivity index (χ0) is 17.5. The van der Waals surface area contributed by atoms with E-state index in [1.165, 1.54) is 12.1 Å². The SMILES string of the molecule is CN(Cn1nc(-c2ccc(F)cc2)n(C)c1=S)[C@H]1CCS(=O)(=O)C1. The van der Waals surface area contributed by atoms with E-state index in [9.17, 15) is 12.8 Å². The summed E-state index contributed by atoms with van der Waals surface area (Å²) in [6.45, 7) is 0.411. The maximum Gasteiger partial charge on any atom is 0.199 e. The van der Waals surface area contributed by atoms with Crippen molar-refractivity contribution in [1.29, 1.82) is 0 Å². The molecule has 0 amide bonds. The number of sulfone groups is 1. The zero-order valence-corrected chi connectivity index (χ0v) is 15.1. The predicted molar refractivity (Wildman–Crippen MR) is 92.2 cm³/mol. The molecule has 130 valence electrons. The normalized spacial score (nSPS) is 19.9. The van der Waals surface area contributed by atoms with Crippen LogP contribution in [0, 0.1) is 10.6 Å². The zero-order valence-electron chi connectivity index (χ0n) is 13.5. The number of rotatable bonds is 4. The molecule has 2 aromatic rings. The van der Waals surface area contributed by atoms with E-state index in [4.69, 9.17) is 12.2 Å². The van der Waals surface area contributed by atoms with Gasteiger partial charge >= 0.3 is 0 Å². The average Bonchev–Trinajstić information content (AvgIpc) is 3.03. The first-order valence-corrected chi connectivity index (χ1v) is 9.80. The van der Waals surface area contributed by atoms with Crippen LogP contribution in [0.15, 0.2) is 24.3 Å². The molecular weight excluding hydrogens is 351 g/mol. The van der Waals surface area contributed by atoms with E-state index < -0.39 is 9.84 Å². The molecule has 3 rings (SSSR count). The third kappa shape index (κ3) is 3.42. The van der Waals surface area contributed by atoms with Crippen molar-refractivity contribution in [1.82, 2.24) is 19.2 Å². The molecule has 0 aliphatic carbocycles. The number of halogens is 1. The van der Waals surface area contributed by atoms with Gasteiger partial charge in [0.1, 0.15) is 5.82 Å². The number of nitrogens with zero attached hydrogens (tertiary/aromatic N) is 4. The third-order valence-electron chi connectivity index (χ3n) is 4.33. The topological polar surface area (TPSA) is 60.1 Å². The van der Waals surface area contributed by atoms with E-state index in [1.807, 2.05) is 19.0 Å². The summed E-state index contributed by atoms with van der Waals surface area (Å²) < 4.78 is 40.3. The molecule has 1 aromatic heterocycles. The lowest BCUT2D eigenvalue weighted by Crippen LogP contribution is -2.34. The van der Waals surface area contributed by atoms with Crippen LogP contribution < -0.4 is 0 Å². The Hall–Kier alpha value is -1.58. The van der Waals surface area contributed by atoms with Crippen LogP contribution >= 0.6 is 12.2 Å². The Morgan fingerprint density at radius 3 is 2.62 bits per heavy atom. The summed E-state index contributed by atoms with van der Waals surface area (Å²) in [4.78, 5) is 1.96. The first-order valence-electron chi connectivity index (χ1n) is 7.57. The second-order valence-electron chi connectivity index (χ2n) is 6.13. The summed E-state index contributed by atoms with van der Waals surface area (Å²) in [5.74, 6) is 0.749. The molecule has 24 heavy (non-hydrogen) atoms. The molecule has 2 heterocycles. The third-order valence-corrected chi connectivity index (χ3v) is 6.57. The standard InChI is InChI=1S/C15H19FN4O2S2/c1-18(13-7-8-24(21,22)9-13)10-20-15(23)19(2)14(17-20)11-3-5-12(16)6-4-11/h3-6,13H,7-10H2,1-2H3/t13-/m0/s1. The van der Waals surface area contributed by atoms with Crippen molar-refractivity contribution >= 4 is 22.1 Å². The quantitative estimate of drug-likeness (QED) is 0.769. The summed E-state index contributed by atoms with van der Waals surface area (Å²) in [6.07, 6.45) is 0.629. The van der Waals surface area contributed by atoms with Gasteiger partial charge in [-0.2, -0.15) is 5.10 Å². The van der Waals surface area contributed by atoms with Gasteiger partial charge in [0.15, 0.2) is 20.4 Å². The monoisotopic (exact) mass is 370 g/mol. The number of hydrogen-bond acceptors (Lipinski definition) is 5. The van der Waals surface area contributed by atoms with Crippen molar-refractivity contribution in [2.24, 2.45) is 7.05 Å². The van der Waals surface area contributed by atoms with Crippen LogP contribution in [0.3, 0.4) is 0 Å². The average molecular weight is 370 g/mol. The van der Waals surface area contributed by atoms with Gasteiger partial charge in [0.25, 0.3) is 0 Å². The van der Waals surface area contributed by atoms with Crippen molar-refractivity contribution in [3.8, 4) is 11.4 Å². The van der Waals surface area contributed by atoms with Gasteiger partial charge < -0.3 is 4.57 Å². The Bertz CT molecular complexity index is 903. The summed E-state index contributed by atoms with van der Waals surface area (Å²) in [5, 5.41) is 4.52. The molecule has 0 N–H and O–H groups in total. The van der Waals surface area contributed by atoms with Crippen molar-refractivity contribution in [3.63, 3.8) is 0 Å². The lowest BCUT2D eigenvalue weighted by Gasteiger charge is -2.22.